The van der Waals surface area contributed by atoms with Gasteiger partial charge in [0.15, 0.2) is 0 Å². The second-order valence-electron chi connectivity index (χ2n) is 12.0. The number of piperidine rings is 1. The molecule has 1 amide bonds. The zero-order valence-corrected chi connectivity index (χ0v) is 26.4. The number of amides is 1. The minimum Gasteiger partial charge on any atom is -0.489 e. The lowest BCUT2D eigenvalue weighted by atomic mass is 9.97. The van der Waals surface area contributed by atoms with Gasteiger partial charge in [0.2, 0.25) is 0 Å². The van der Waals surface area contributed by atoms with E-state index in [1.165, 1.54) is 27.4 Å². The number of fused-ring (bicyclic) bond motifs is 3. The second kappa shape index (κ2) is 12.5. The van der Waals surface area contributed by atoms with Crippen LogP contribution in [0.15, 0.2) is 60.7 Å². The van der Waals surface area contributed by atoms with Crippen molar-refractivity contribution in [1.82, 2.24) is 19.7 Å². The van der Waals surface area contributed by atoms with Crippen molar-refractivity contribution in [3.8, 4) is 5.75 Å². The Hall–Kier alpha value is -2.71. The van der Waals surface area contributed by atoms with E-state index in [1.54, 1.807) is 6.07 Å². The fourth-order valence-corrected chi connectivity index (χ4v) is 8.27. The number of thioether (sulfide) groups is 1. The number of benzene rings is 3. The van der Waals surface area contributed by atoms with Gasteiger partial charge in [0.1, 0.15) is 11.9 Å². The first-order valence-electron chi connectivity index (χ1n) is 15.1. The molecule has 3 aromatic carbocycles. The Morgan fingerprint density at radius 1 is 1.07 bits per heavy atom. The second-order valence-corrected chi connectivity index (χ2v) is 13.5. The van der Waals surface area contributed by atoms with Crippen molar-refractivity contribution in [2.75, 3.05) is 45.2 Å². The molecule has 2 aliphatic rings. The summed E-state index contributed by atoms with van der Waals surface area (Å²) in [4.78, 5) is 17.7. The number of para-hydroxylation sites is 1. The van der Waals surface area contributed by atoms with Gasteiger partial charge in [-0.15, -0.1) is 0 Å². The number of ether oxygens (including phenoxy) is 1. The number of likely N-dealkylation sites (N-methyl/N-ethyl adjacent to an activating group) is 1. The quantitative estimate of drug-likeness (QED) is 0.231. The maximum atomic E-state index is 12.9. The molecule has 6 nitrogen and oxygen atoms in total. The van der Waals surface area contributed by atoms with E-state index < -0.39 is 0 Å². The molecule has 0 spiro atoms. The number of hydrogen-bond acceptors (Lipinski definition) is 5. The lowest BCUT2D eigenvalue weighted by Crippen LogP contribution is -2.53. The third-order valence-corrected chi connectivity index (χ3v) is 10.7. The van der Waals surface area contributed by atoms with E-state index in [9.17, 15) is 4.79 Å². The molecule has 0 radical (unpaired) electrons. The molecule has 1 unspecified atom stereocenters. The van der Waals surface area contributed by atoms with E-state index in [4.69, 9.17) is 16.3 Å². The summed E-state index contributed by atoms with van der Waals surface area (Å²) in [6.45, 7) is 6.70. The summed E-state index contributed by atoms with van der Waals surface area (Å²) in [5.41, 5.74) is 4.55. The Labute approximate surface area is 258 Å². The molecule has 42 heavy (non-hydrogen) atoms. The highest BCUT2D eigenvalue weighted by atomic mass is 35.5. The Balaban J connectivity index is 1.03. The van der Waals surface area contributed by atoms with Crippen molar-refractivity contribution < 1.29 is 9.53 Å². The molecule has 1 atom stereocenters. The summed E-state index contributed by atoms with van der Waals surface area (Å²) in [6.07, 6.45) is 3.08. The first-order chi connectivity index (χ1) is 20.4. The van der Waals surface area contributed by atoms with Gasteiger partial charge in [-0.3, -0.25) is 9.69 Å². The topological polar surface area (TPSA) is 49.7 Å². The molecular formula is C34H41ClN4O2S. The van der Waals surface area contributed by atoms with Gasteiger partial charge in [0.25, 0.3) is 5.91 Å². The summed E-state index contributed by atoms with van der Waals surface area (Å²) in [5.74, 6) is 2.73. The number of nitrogens with zero attached hydrogens (tertiary/aromatic N) is 3. The molecular weight excluding hydrogens is 564 g/mol. The molecule has 0 bridgehead atoms. The summed E-state index contributed by atoms with van der Waals surface area (Å²) in [5, 5.41) is 6.29. The van der Waals surface area contributed by atoms with E-state index in [0.29, 0.717) is 22.9 Å². The van der Waals surface area contributed by atoms with E-state index in [1.807, 2.05) is 23.9 Å². The molecule has 222 valence electrons. The average molecular weight is 605 g/mol. The van der Waals surface area contributed by atoms with Crippen LogP contribution in [0.5, 0.6) is 5.75 Å². The highest BCUT2D eigenvalue weighted by Crippen LogP contribution is 2.33. The van der Waals surface area contributed by atoms with E-state index in [0.717, 1.165) is 56.9 Å². The molecule has 2 aliphatic heterocycles. The van der Waals surface area contributed by atoms with Gasteiger partial charge in [-0.25, -0.2) is 0 Å². The molecule has 6 rings (SSSR count). The fraction of sp³-hybridized carbons (Fsp3) is 0.441. The first kappa shape index (κ1) is 29.4. The number of hydrogen-bond donors (Lipinski definition) is 1. The average Bonchev–Trinajstić information content (AvgIpc) is 3.61. The van der Waals surface area contributed by atoms with E-state index in [-0.39, 0.29) is 17.6 Å². The number of carbonyl (C=O) groups is 1. The maximum absolute atomic E-state index is 12.9. The number of rotatable bonds is 9. The smallest absolute Gasteiger partial charge is 0.251 e. The molecule has 2 fully saturated rings. The number of aryl methyl sites for hydroxylation is 1. The van der Waals surface area contributed by atoms with Gasteiger partial charge in [-0.1, -0.05) is 35.9 Å². The van der Waals surface area contributed by atoms with Crippen LogP contribution in [0.4, 0.5) is 0 Å². The Morgan fingerprint density at radius 2 is 1.86 bits per heavy atom. The summed E-state index contributed by atoms with van der Waals surface area (Å²) < 4.78 is 8.73. The van der Waals surface area contributed by atoms with Crippen molar-refractivity contribution in [2.24, 2.45) is 0 Å². The molecule has 3 heterocycles. The van der Waals surface area contributed by atoms with Crippen LogP contribution in [-0.4, -0.2) is 77.2 Å². The standard InChI is InChI=1S/C34H41ClN4O2S/c1-4-39-30-8-6-5-7-27(30)28-19-24(9-11-31(28)39)21-38-16-13-26(14-17-38)41-32-12-10-25(20-29(32)35)33(40)36-22-34(37(2)3)15-18-42-23-34/h5-12,19-20,26H,4,13-18,21-23H2,1-3H3,(H,36,40). The van der Waals surface area contributed by atoms with Gasteiger partial charge < -0.3 is 19.5 Å². The molecule has 0 saturated carbocycles. The predicted octanol–water partition coefficient (Wildman–Crippen LogP) is 6.68. The Kier molecular flexibility index (Phi) is 8.73. The number of likely N-dealkylation sites (tertiary alicyclic amines) is 1. The van der Waals surface area contributed by atoms with Gasteiger partial charge in [0, 0.05) is 71.4 Å². The van der Waals surface area contributed by atoms with Crippen LogP contribution in [0.1, 0.15) is 42.1 Å². The van der Waals surface area contributed by atoms with Crippen LogP contribution in [0.3, 0.4) is 0 Å². The number of carbonyl (C=O) groups excluding carboxylic acids is 1. The lowest BCUT2D eigenvalue weighted by Gasteiger charge is -2.35. The van der Waals surface area contributed by atoms with Crippen molar-refractivity contribution >= 4 is 51.1 Å². The van der Waals surface area contributed by atoms with Crippen LogP contribution in [0.2, 0.25) is 5.02 Å². The van der Waals surface area contributed by atoms with Crippen molar-refractivity contribution in [1.29, 1.82) is 0 Å². The third-order valence-electron chi connectivity index (χ3n) is 9.19. The van der Waals surface area contributed by atoms with Crippen molar-refractivity contribution in [2.45, 2.75) is 50.9 Å². The fourth-order valence-electron chi connectivity index (χ4n) is 6.49. The van der Waals surface area contributed by atoms with Crippen LogP contribution >= 0.6 is 23.4 Å². The monoisotopic (exact) mass is 604 g/mol. The molecule has 2 saturated heterocycles. The number of nitrogens with one attached hydrogen (secondary N) is 1. The van der Waals surface area contributed by atoms with Crippen LogP contribution in [-0.2, 0) is 13.1 Å². The SMILES string of the molecule is CCn1c2ccccc2c2cc(CN3CCC(Oc4ccc(C(=O)NCC5(N(C)C)CCSC5)cc4Cl)CC3)ccc21. The summed E-state index contributed by atoms with van der Waals surface area (Å²) in [7, 11) is 4.19. The minimum absolute atomic E-state index is 0.0181. The molecule has 1 N–H and O–H groups in total. The normalized spacial score (nSPS) is 20.1. The summed E-state index contributed by atoms with van der Waals surface area (Å²) >= 11 is 8.55. The van der Waals surface area contributed by atoms with Gasteiger partial charge >= 0.3 is 0 Å². The number of aromatic nitrogens is 1. The predicted molar refractivity (Wildman–Crippen MR) is 176 cm³/mol. The lowest BCUT2D eigenvalue weighted by molar-refractivity contribution is 0.0913. The van der Waals surface area contributed by atoms with Crippen LogP contribution in [0.25, 0.3) is 21.8 Å². The van der Waals surface area contributed by atoms with E-state index in [2.05, 4.69) is 83.2 Å². The van der Waals surface area contributed by atoms with Gasteiger partial charge in [0.05, 0.1) is 5.02 Å². The Bertz CT molecular complexity index is 1570. The molecule has 4 aromatic rings. The maximum Gasteiger partial charge on any atom is 0.251 e. The van der Waals surface area contributed by atoms with E-state index >= 15 is 0 Å². The number of halogens is 1. The largest absolute Gasteiger partial charge is 0.489 e. The molecule has 1 aromatic heterocycles. The zero-order chi connectivity index (χ0) is 29.3. The van der Waals surface area contributed by atoms with Gasteiger partial charge in [-0.2, -0.15) is 11.8 Å². The minimum atomic E-state index is -0.0904. The Morgan fingerprint density at radius 3 is 2.57 bits per heavy atom. The van der Waals surface area contributed by atoms with Crippen LogP contribution < -0.4 is 10.1 Å². The molecule has 8 heteroatoms. The van der Waals surface area contributed by atoms with Crippen LogP contribution in [0, 0.1) is 0 Å². The van der Waals surface area contributed by atoms with Crippen molar-refractivity contribution in [3.05, 3.63) is 76.8 Å². The van der Waals surface area contributed by atoms with Gasteiger partial charge in [-0.05, 0) is 88.0 Å². The third kappa shape index (κ3) is 5.89. The molecule has 0 aliphatic carbocycles. The first-order valence-corrected chi connectivity index (χ1v) is 16.6. The summed E-state index contributed by atoms with van der Waals surface area (Å²) in [6, 6.07) is 21.0. The highest BCUT2D eigenvalue weighted by molar-refractivity contribution is 7.99. The highest BCUT2D eigenvalue weighted by Gasteiger charge is 2.37. The zero-order valence-electron chi connectivity index (χ0n) is 24.9. The van der Waals surface area contributed by atoms with Crippen molar-refractivity contribution in [3.63, 3.8) is 0 Å².